The Balaban J connectivity index is 1.92. The number of carbonyl (C=O) groups is 2. The van der Waals surface area contributed by atoms with E-state index in [-0.39, 0.29) is 22.8 Å². The van der Waals surface area contributed by atoms with Crippen LogP contribution in [0.2, 0.25) is 0 Å². The van der Waals surface area contributed by atoms with Gasteiger partial charge < -0.3 is 24.4 Å². The molecule has 1 heterocycles. The van der Waals surface area contributed by atoms with Gasteiger partial charge in [-0.3, -0.25) is 14.5 Å². The maximum absolute atomic E-state index is 13.5. The number of nitrogens with zero attached hydrogens (tertiary/aromatic N) is 1. The first-order valence-electron chi connectivity index (χ1n) is 12.4. The Morgan fingerprint density at radius 2 is 1.68 bits per heavy atom. The molecule has 1 unspecified atom stereocenters. The number of aliphatic hydroxyl groups is 1. The maximum Gasteiger partial charge on any atom is 0.300 e. The SMILES string of the molecule is CCCOc1ccc(/C(O)=C2/C(=O)C(=O)N(c3cc(C)ccc3O)C2c2ccc(OC)c(OCC)c2)cc1. The summed E-state index contributed by atoms with van der Waals surface area (Å²) < 4.78 is 16.8. The minimum Gasteiger partial charge on any atom is -0.507 e. The summed E-state index contributed by atoms with van der Waals surface area (Å²) in [5.41, 5.74) is 1.69. The quantitative estimate of drug-likeness (QED) is 0.219. The molecular formula is C30H31NO7. The van der Waals surface area contributed by atoms with E-state index in [4.69, 9.17) is 14.2 Å². The number of Topliss-reactive ketones (excluding diaryl/α,β-unsaturated/α-hetero) is 1. The van der Waals surface area contributed by atoms with Gasteiger partial charge in [0.15, 0.2) is 11.5 Å². The predicted molar refractivity (Wildman–Crippen MR) is 144 cm³/mol. The van der Waals surface area contributed by atoms with E-state index in [0.717, 1.165) is 12.0 Å². The Hall–Kier alpha value is -4.46. The van der Waals surface area contributed by atoms with Crippen molar-refractivity contribution in [1.29, 1.82) is 0 Å². The summed E-state index contributed by atoms with van der Waals surface area (Å²) >= 11 is 0. The Kier molecular flexibility index (Phi) is 7.90. The Labute approximate surface area is 221 Å². The van der Waals surface area contributed by atoms with Crippen molar-refractivity contribution in [3.05, 3.63) is 82.9 Å². The van der Waals surface area contributed by atoms with Crippen LogP contribution in [0.15, 0.2) is 66.2 Å². The van der Waals surface area contributed by atoms with Crippen molar-refractivity contribution >= 4 is 23.1 Å². The number of aryl methyl sites for hydroxylation is 1. The van der Waals surface area contributed by atoms with Crippen molar-refractivity contribution in [3.8, 4) is 23.0 Å². The van der Waals surface area contributed by atoms with Gasteiger partial charge in [-0.15, -0.1) is 0 Å². The van der Waals surface area contributed by atoms with Crippen molar-refractivity contribution in [1.82, 2.24) is 0 Å². The molecule has 8 nitrogen and oxygen atoms in total. The fourth-order valence-electron chi connectivity index (χ4n) is 4.44. The summed E-state index contributed by atoms with van der Waals surface area (Å²) in [4.78, 5) is 28.1. The molecule has 1 atom stereocenters. The lowest BCUT2D eigenvalue weighted by Gasteiger charge is -2.27. The number of aliphatic hydroxyl groups excluding tert-OH is 1. The summed E-state index contributed by atoms with van der Waals surface area (Å²) in [6.45, 7) is 6.57. The van der Waals surface area contributed by atoms with E-state index >= 15 is 0 Å². The van der Waals surface area contributed by atoms with Crippen molar-refractivity contribution in [3.63, 3.8) is 0 Å². The average molecular weight is 518 g/mol. The lowest BCUT2D eigenvalue weighted by molar-refractivity contribution is -0.132. The number of hydrogen-bond donors (Lipinski definition) is 2. The molecule has 0 bridgehead atoms. The van der Waals surface area contributed by atoms with E-state index < -0.39 is 17.7 Å². The highest BCUT2D eigenvalue weighted by Crippen LogP contribution is 2.46. The zero-order valence-electron chi connectivity index (χ0n) is 21.9. The van der Waals surface area contributed by atoms with Crippen LogP contribution in [0.25, 0.3) is 5.76 Å². The minimum atomic E-state index is -1.04. The molecule has 38 heavy (non-hydrogen) atoms. The van der Waals surface area contributed by atoms with E-state index in [9.17, 15) is 19.8 Å². The second-order valence-electron chi connectivity index (χ2n) is 8.88. The van der Waals surface area contributed by atoms with Crippen LogP contribution < -0.4 is 19.1 Å². The second-order valence-corrected chi connectivity index (χ2v) is 8.88. The molecule has 0 radical (unpaired) electrons. The van der Waals surface area contributed by atoms with E-state index in [1.807, 2.05) is 20.8 Å². The fourth-order valence-corrected chi connectivity index (χ4v) is 4.44. The number of phenolic OH excluding ortho intramolecular Hbond substituents is 1. The van der Waals surface area contributed by atoms with Gasteiger partial charge in [-0.1, -0.05) is 19.1 Å². The maximum atomic E-state index is 13.5. The molecule has 8 heteroatoms. The number of anilines is 1. The van der Waals surface area contributed by atoms with Crippen LogP contribution in [0.1, 0.15) is 43.0 Å². The molecule has 3 aromatic rings. The fraction of sp³-hybridized carbons (Fsp3) is 0.267. The van der Waals surface area contributed by atoms with Gasteiger partial charge in [0, 0.05) is 5.56 Å². The monoisotopic (exact) mass is 517 g/mol. The summed E-state index contributed by atoms with van der Waals surface area (Å²) in [6.07, 6.45) is 0.850. The molecule has 2 N–H and O–H groups in total. The van der Waals surface area contributed by atoms with Crippen LogP contribution in [0.4, 0.5) is 5.69 Å². The molecule has 198 valence electrons. The van der Waals surface area contributed by atoms with Gasteiger partial charge in [-0.05, 0) is 79.9 Å². The first-order valence-corrected chi connectivity index (χ1v) is 12.4. The number of ketones is 1. The zero-order chi connectivity index (χ0) is 27.4. The van der Waals surface area contributed by atoms with Gasteiger partial charge in [0.05, 0.1) is 37.6 Å². The predicted octanol–water partition coefficient (Wildman–Crippen LogP) is 5.52. The molecule has 1 aliphatic heterocycles. The van der Waals surface area contributed by atoms with Gasteiger partial charge in [0.25, 0.3) is 11.7 Å². The number of methoxy groups -OCH3 is 1. The largest absolute Gasteiger partial charge is 0.507 e. The van der Waals surface area contributed by atoms with Gasteiger partial charge in [-0.25, -0.2) is 0 Å². The molecule has 0 saturated carbocycles. The van der Waals surface area contributed by atoms with Crippen LogP contribution in [0.5, 0.6) is 23.0 Å². The molecule has 0 aromatic heterocycles. The third-order valence-electron chi connectivity index (χ3n) is 6.24. The number of hydrogen-bond acceptors (Lipinski definition) is 7. The number of aromatic hydroxyl groups is 1. The number of rotatable bonds is 9. The number of carbonyl (C=O) groups excluding carboxylic acids is 2. The number of ether oxygens (including phenoxy) is 3. The van der Waals surface area contributed by atoms with Gasteiger partial charge in [0.2, 0.25) is 0 Å². The molecular weight excluding hydrogens is 486 g/mol. The van der Waals surface area contributed by atoms with Crippen LogP contribution >= 0.6 is 0 Å². The second kappa shape index (κ2) is 11.3. The van der Waals surface area contributed by atoms with E-state index in [1.165, 1.54) is 18.1 Å². The highest BCUT2D eigenvalue weighted by Gasteiger charge is 2.48. The van der Waals surface area contributed by atoms with E-state index in [1.54, 1.807) is 54.6 Å². The lowest BCUT2D eigenvalue weighted by atomic mass is 9.94. The van der Waals surface area contributed by atoms with Gasteiger partial charge >= 0.3 is 0 Å². The molecule has 3 aromatic carbocycles. The van der Waals surface area contributed by atoms with Crippen LogP contribution in [-0.2, 0) is 9.59 Å². The topological polar surface area (TPSA) is 106 Å². The summed E-state index contributed by atoms with van der Waals surface area (Å²) in [6, 6.07) is 15.5. The Bertz CT molecular complexity index is 1380. The van der Waals surface area contributed by atoms with Crippen LogP contribution in [-0.4, -0.2) is 42.2 Å². The van der Waals surface area contributed by atoms with E-state index in [2.05, 4.69) is 0 Å². The van der Waals surface area contributed by atoms with Crippen LogP contribution in [0, 0.1) is 6.92 Å². The third kappa shape index (κ3) is 5.02. The smallest absolute Gasteiger partial charge is 0.300 e. The molecule has 1 fully saturated rings. The van der Waals surface area contributed by atoms with Crippen molar-refractivity contribution < 1.29 is 34.0 Å². The van der Waals surface area contributed by atoms with E-state index in [0.29, 0.717) is 41.6 Å². The molecule has 0 aliphatic carbocycles. The zero-order valence-corrected chi connectivity index (χ0v) is 21.9. The Morgan fingerprint density at radius 3 is 2.34 bits per heavy atom. The Morgan fingerprint density at radius 1 is 0.947 bits per heavy atom. The number of benzene rings is 3. The summed E-state index contributed by atoms with van der Waals surface area (Å²) in [5, 5.41) is 22.1. The van der Waals surface area contributed by atoms with Crippen molar-refractivity contribution in [2.45, 2.75) is 33.2 Å². The first-order chi connectivity index (χ1) is 18.3. The normalized spacial score (nSPS) is 16.5. The summed E-state index contributed by atoms with van der Waals surface area (Å²) in [5.74, 6) is -0.709. The van der Waals surface area contributed by atoms with Gasteiger partial charge in [0.1, 0.15) is 17.3 Å². The standard InChI is InChI=1S/C30H31NO7/c1-5-15-38-21-11-8-19(9-12-21)28(33)26-27(20-10-14-24(36-4)25(17-20)37-6-2)31(30(35)29(26)34)22-16-18(3)7-13-23(22)32/h7-14,16-17,27,32-33H,5-6,15H2,1-4H3/b28-26-. The molecule has 1 saturated heterocycles. The third-order valence-corrected chi connectivity index (χ3v) is 6.24. The molecule has 4 rings (SSSR count). The average Bonchev–Trinajstić information content (AvgIpc) is 3.18. The molecule has 1 amide bonds. The highest BCUT2D eigenvalue weighted by molar-refractivity contribution is 6.52. The first kappa shape index (κ1) is 26.6. The lowest BCUT2D eigenvalue weighted by Crippen LogP contribution is -2.29. The number of phenols is 1. The highest BCUT2D eigenvalue weighted by atomic mass is 16.5. The molecule has 1 aliphatic rings. The van der Waals surface area contributed by atoms with Gasteiger partial charge in [-0.2, -0.15) is 0 Å². The van der Waals surface area contributed by atoms with Crippen molar-refractivity contribution in [2.75, 3.05) is 25.2 Å². The summed E-state index contributed by atoms with van der Waals surface area (Å²) in [7, 11) is 1.52. The minimum absolute atomic E-state index is 0.106. The number of amides is 1. The van der Waals surface area contributed by atoms with Crippen molar-refractivity contribution in [2.24, 2.45) is 0 Å². The van der Waals surface area contributed by atoms with Crippen LogP contribution in [0.3, 0.4) is 0 Å². The molecule has 0 spiro atoms.